The van der Waals surface area contributed by atoms with Gasteiger partial charge in [-0.2, -0.15) is 0 Å². The van der Waals surface area contributed by atoms with Crippen molar-refractivity contribution in [3.05, 3.63) is 81.7 Å². The molecule has 2 amide bonds. The average Bonchev–Trinajstić information content (AvgIpc) is 3.39. The van der Waals surface area contributed by atoms with Crippen molar-refractivity contribution in [2.75, 3.05) is 13.3 Å². The van der Waals surface area contributed by atoms with Crippen LogP contribution in [0.25, 0.3) is 21.2 Å². The Bertz CT molecular complexity index is 1770. The molecule has 6 nitrogen and oxygen atoms in total. The summed E-state index contributed by atoms with van der Waals surface area (Å²) in [5, 5.41) is 10.7. The first kappa shape index (κ1) is 34.0. The zero-order chi connectivity index (χ0) is 33.3. The van der Waals surface area contributed by atoms with Crippen molar-refractivity contribution in [3.8, 4) is 16.9 Å². The van der Waals surface area contributed by atoms with Crippen LogP contribution in [0.2, 0.25) is 5.02 Å². The number of benzene rings is 3. The second-order valence-electron chi connectivity index (χ2n) is 12.5. The Labute approximate surface area is 281 Å². The van der Waals surface area contributed by atoms with E-state index in [-0.39, 0.29) is 44.4 Å². The fourth-order valence-corrected chi connectivity index (χ4v) is 7.82. The molecule has 244 valence electrons. The molecule has 5 rings (SSSR count). The first-order valence-electron chi connectivity index (χ1n) is 15.1. The molecular weight excluding hydrogens is 650 g/mol. The highest BCUT2D eigenvalue weighted by molar-refractivity contribution is 7.98. The van der Waals surface area contributed by atoms with E-state index in [1.54, 1.807) is 34.7 Å². The standard InChI is InChI=1S/C35H37ClF2N2O4S2/c1-35(2,3)44-34(43)39(4)23-10-12-24(13-11-23)40(33(42)32-30(36)29-26(37)14-15-27(38)31(29)46-32)19-22-17-21(9-16-28(22)41)20-7-6-8-25(18-20)45-5/h6-9,14-18,23-24,41H,10-13,19H2,1-5H3. The molecule has 0 spiro atoms. The molecule has 0 radical (unpaired) electrons. The highest BCUT2D eigenvalue weighted by Gasteiger charge is 2.35. The van der Waals surface area contributed by atoms with Crippen LogP contribution in [0.15, 0.2) is 59.5 Å². The summed E-state index contributed by atoms with van der Waals surface area (Å²) >= 11 is 9.03. The Kier molecular flexibility index (Phi) is 10.2. The molecule has 11 heteroatoms. The topological polar surface area (TPSA) is 70.1 Å². The van der Waals surface area contributed by atoms with Crippen LogP contribution in [0.1, 0.15) is 61.7 Å². The summed E-state index contributed by atoms with van der Waals surface area (Å²) in [5.41, 5.74) is 1.75. The third-order valence-corrected chi connectivity index (χ3v) is 10.7. The molecule has 1 aromatic heterocycles. The number of halogens is 3. The number of hydrogen-bond acceptors (Lipinski definition) is 6. The minimum atomic E-state index is -0.702. The van der Waals surface area contributed by atoms with Crippen molar-refractivity contribution in [1.29, 1.82) is 0 Å². The number of hydrogen-bond donors (Lipinski definition) is 1. The second kappa shape index (κ2) is 13.8. The molecule has 0 saturated heterocycles. The van der Waals surface area contributed by atoms with Crippen LogP contribution in [-0.4, -0.2) is 57.9 Å². The molecule has 0 aliphatic heterocycles. The van der Waals surface area contributed by atoms with E-state index in [4.69, 9.17) is 16.3 Å². The normalized spacial score (nSPS) is 16.8. The summed E-state index contributed by atoms with van der Waals surface area (Å²) in [6.07, 6.45) is 3.94. The fourth-order valence-electron chi connectivity index (χ4n) is 5.85. The van der Waals surface area contributed by atoms with Gasteiger partial charge in [0.1, 0.15) is 27.9 Å². The Hall–Kier alpha value is -3.34. The summed E-state index contributed by atoms with van der Waals surface area (Å²) in [4.78, 5) is 31.5. The SMILES string of the molecule is CSc1cccc(-c2ccc(O)c(CN(C(=O)c3sc4c(F)ccc(F)c4c3Cl)C3CCC(N(C)C(=O)OC(C)(C)C)CC3)c2)c1. The van der Waals surface area contributed by atoms with E-state index in [9.17, 15) is 23.5 Å². The zero-order valence-corrected chi connectivity index (χ0v) is 28.8. The number of fused-ring (bicyclic) bond motifs is 1. The van der Waals surface area contributed by atoms with Crippen molar-refractivity contribution >= 4 is 56.8 Å². The summed E-state index contributed by atoms with van der Waals surface area (Å²) in [6, 6.07) is 15.0. The van der Waals surface area contributed by atoms with Gasteiger partial charge < -0.3 is 19.6 Å². The molecule has 4 aromatic rings. The maximum absolute atomic E-state index is 14.8. The van der Waals surface area contributed by atoms with Crippen molar-refractivity contribution < 1.29 is 28.2 Å². The van der Waals surface area contributed by atoms with E-state index in [0.717, 1.165) is 39.5 Å². The lowest BCUT2D eigenvalue weighted by Gasteiger charge is -2.40. The number of thiophene rings is 1. The van der Waals surface area contributed by atoms with Crippen molar-refractivity contribution in [3.63, 3.8) is 0 Å². The van der Waals surface area contributed by atoms with Gasteiger partial charge in [0.05, 0.1) is 15.1 Å². The van der Waals surface area contributed by atoms with Gasteiger partial charge in [-0.05, 0) is 100 Å². The molecule has 0 unspecified atom stereocenters. The number of carbonyl (C=O) groups excluding carboxylic acids is 2. The molecule has 46 heavy (non-hydrogen) atoms. The Balaban J connectivity index is 1.48. The second-order valence-corrected chi connectivity index (χ2v) is 14.8. The fraction of sp³-hybridized carbons (Fsp3) is 0.371. The number of rotatable bonds is 7. The molecule has 0 atom stereocenters. The lowest BCUT2D eigenvalue weighted by molar-refractivity contribution is 0.0144. The average molecular weight is 687 g/mol. The van der Waals surface area contributed by atoms with Gasteiger partial charge in [0.2, 0.25) is 0 Å². The largest absolute Gasteiger partial charge is 0.508 e. The summed E-state index contributed by atoms with van der Waals surface area (Å²) in [6.45, 7) is 5.51. The quantitative estimate of drug-likeness (QED) is 0.196. The molecule has 0 bridgehead atoms. The van der Waals surface area contributed by atoms with Gasteiger partial charge in [-0.25, -0.2) is 13.6 Å². The number of aromatic hydroxyl groups is 1. The van der Waals surface area contributed by atoms with Crippen LogP contribution in [-0.2, 0) is 11.3 Å². The smallest absolute Gasteiger partial charge is 0.410 e. The Morgan fingerprint density at radius 3 is 2.30 bits per heavy atom. The van der Waals surface area contributed by atoms with Crippen LogP contribution in [0, 0.1) is 11.6 Å². The number of ether oxygens (including phenoxy) is 1. The lowest BCUT2D eigenvalue weighted by Crippen LogP contribution is -2.47. The van der Waals surface area contributed by atoms with E-state index in [1.807, 2.05) is 57.4 Å². The molecule has 1 saturated carbocycles. The minimum absolute atomic E-state index is 0.0190. The number of phenolic OH excluding ortho intramolecular Hbond substituents is 1. The summed E-state index contributed by atoms with van der Waals surface area (Å²) < 4.78 is 35.0. The number of amides is 2. The van der Waals surface area contributed by atoms with Gasteiger partial charge in [0.25, 0.3) is 5.91 Å². The number of thioether (sulfide) groups is 1. The highest BCUT2D eigenvalue weighted by Crippen LogP contribution is 2.41. The minimum Gasteiger partial charge on any atom is -0.508 e. The Morgan fingerprint density at radius 2 is 1.65 bits per heavy atom. The molecular formula is C35H37ClF2N2O4S2. The molecule has 1 fully saturated rings. The molecule has 1 N–H and O–H groups in total. The number of carbonyl (C=O) groups is 2. The molecule has 1 aliphatic carbocycles. The number of phenols is 1. The first-order valence-corrected chi connectivity index (χ1v) is 17.5. The van der Waals surface area contributed by atoms with E-state index in [2.05, 4.69) is 6.07 Å². The van der Waals surface area contributed by atoms with Crippen molar-refractivity contribution in [2.45, 2.75) is 75.6 Å². The predicted octanol–water partition coefficient (Wildman–Crippen LogP) is 9.75. The zero-order valence-electron chi connectivity index (χ0n) is 26.4. The monoisotopic (exact) mass is 686 g/mol. The third kappa shape index (κ3) is 7.29. The van der Waals surface area contributed by atoms with Crippen molar-refractivity contribution in [2.24, 2.45) is 0 Å². The van der Waals surface area contributed by atoms with Gasteiger partial charge in [0.15, 0.2) is 0 Å². The predicted molar refractivity (Wildman–Crippen MR) is 182 cm³/mol. The van der Waals surface area contributed by atoms with Crippen LogP contribution in [0.4, 0.5) is 13.6 Å². The van der Waals surface area contributed by atoms with Gasteiger partial charge in [-0.3, -0.25) is 4.79 Å². The molecule has 1 aliphatic rings. The lowest BCUT2D eigenvalue weighted by atomic mass is 9.89. The van der Waals surface area contributed by atoms with Gasteiger partial charge in [-0.15, -0.1) is 23.1 Å². The number of nitrogens with zero attached hydrogens (tertiary/aromatic N) is 2. The van der Waals surface area contributed by atoms with Crippen LogP contribution >= 0.6 is 34.7 Å². The van der Waals surface area contributed by atoms with Crippen molar-refractivity contribution in [1.82, 2.24) is 9.80 Å². The highest BCUT2D eigenvalue weighted by atomic mass is 35.5. The van der Waals surface area contributed by atoms with Crippen LogP contribution in [0.3, 0.4) is 0 Å². The third-order valence-electron chi connectivity index (χ3n) is 8.30. The van der Waals surface area contributed by atoms with Gasteiger partial charge >= 0.3 is 6.09 Å². The first-order chi connectivity index (χ1) is 21.8. The van der Waals surface area contributed by atoms with E-state index in [1.165, 1.54) is 0 Å². The molecule has 3 aromatic carbocycles. The van der Waals surface area contributed by atoms with Gasteiger partial charge in [-0.1, -0.05) is 29.8 Å². The van der Waals surface area contributed by atoms with Crippen LogP contribution < -0.4 is 0 Å². The maximum Gasteiger partial charge on any atom is 0.410 e. The summed E-state index contributed by atoms with van der Waals surface area (Å²) in [5.74, 6) is -1.80. The molecule has 1 heterocycles. The van der Waals surface area contributed by atoms with Gasteiger partial charge in [0, 0.05) is 36.1 Å². The van der Waals surface area contributed by atoms with E-state index >= 15 is 0 Å². The maximum atomic E-state index is 14.8. The Morgan fingerprint density at radius 1 is 1.00 bits per heavy atom. The van der Waals surface area contributed by atoms with E-state index < -0.39 is 29.2 Å². The van der Waals surface area contributed by atoms with Crippen LogP contribution in [0.5, 0.6) is 5.75 Å². The van der Waals surface area contributed by atoms with E-state index in [0.29, 0.717) is 31.2 Å². The summed E-state index contributed by atoms with van der Waals surface area (Å²) in [7, 11) is 1.72.